The van der Waals surface area contributed by atoms with Crippen molar-refractivity contribution in [1.82, 2.24) is 14.5 Å². The van der Waals surface area contributed by atoms with Crippen molar-refractivity contribution < 1.29 is 4.79 Å². The number of hydrogen-bond donors (Lipinski definition) is 0. The number of benzene rings is 1. The van der Waals surface area contributed by atoms with Crippen LogP contribution in [0.25, 0.3) is 0 Å². The first-order valence-electron chi connectivity index (χ1n) is 9.18. The molecule has 0 fully saturated rings. The highest BCUT2D eigenvalue weighted by molar-refractivity contribution is 5.76. The Morgan fingerprint density at radius 1 is 1.20 bits per heavy atom. The second kappa shape index (κ2) is 8.84. The van der Waals surface area contributed by atoms with Crippen LogP contribution in [0.5, 0.6) is 0 Å². The molecule has 4 heteroatoms. The van der Waals surface area contributed by atoms with E-state index in [1.807, 2.05) is 17.3 Å². The van der Waals surface area contributed by atoms with Crippen LogP contribution in [0.4, 0.5) is 0 Å². The van der Waals surface area contributed by atoms with E-state index in [-0.39, 0.29) is 5.91 Å². The number of carbonyl (C=O) groups is 1. The third-order valence-electron chi connectivity index (χ3n) is 4.09. The molecule has 0 saturated heterocycles. The number of amides is 1. The third kappa shape index (κ3) is 6.04. The summed E-state index contributed by atoms with van der Waals surface area (Å²) in [6.45, 7) is 12.7. The normalized spacial score (nSPS) is 11.3. The molecule has 0 radical (unpaired) electrons. The van der Waals surface area contributed by atoms with E-state index in [0.29, 0.717) is 24.8 Å². The van der Waals surface area contributed by atoms with Gasteiger partial charge in [0.1, 0.15) is 5.82 Å². The van der Waals surface area contributed by atoms with E-state index in [2.05, 4.69) is 68.4 Å². The molecule has 0 N–H and O–H groups in total. The first kappa shape index (κ1) is 19.2. The van der Waals surface area contributed by atoms with E-state index in [4.69, 9.17) is 0 Å². The summed E-state index contributed by atoms with van der Waals surface area (Å²) in [5.74, 6) is 1.97. The first-order chi connectivity index (χ1) is 11.8. The Morgan fingerprint density at radius 3 is 2.60 bits per heavy atom. The van der Waals surface area contributed by atoms with Crippen LogP contribution >= 0.6 is 0 Å². The average molecular weight is 341 g/mol. The van der Waals surface area contributed by atoms with Gasteiger partial charge in [0, 0.05) is 31.9 Å². The van der Waals surface area contributed by atoms with Crippen molar-refractivity contribution in [3.8, 4) is 0 Å². The molecule has 0 unspecified atom stereocenters. The molecule has 1 aromatic carbocycles. The zero-order valence-electron chi connectivity index (χ0n) is 16.2. The lowest BCUT2D eigenvalue weighted by atomic mass is 10.1. The van der Waals surface area contributed by atoms with Crippen LogP contribution in [0.1, 0.15) is 51.1 Å². The van der Waals surface area contributed by atoms with Gasteiger partial charge < -0.3 is 9.47 Å². The summed E-state index contributed by atoms with van der Waals surface area (Å²) < 4.78 is 2.14. The second-order valence-corrected chi connectivity index (χ2v) is 7.73. The zero-order chi connectivity index (χ0) is 18.4. The predicted molar refractivity (Wildman–Crippen MR) is 102 cm³/mol. The topological polar surface area (TPSA) is 38.1 Å². The summed E-state index contributed by atoms with van der Waals surface area (Å²) in [7, 11) is 0. The molecule has 0 spiro atoms. The fourth-order valence-electron chi connectivity index (χ4n) is 2.99. The summed E-state index contributed by atoms with van der Waals surface area (Å²) in [5.41, 5.74) is 2.51. The molecule has 2 aromatic rings. The minimum atomic E-state index is 0.216. The number of hydrogen-bond acceptors (Lipinski definition) is 2. The van der Waals surface area contributed by atoms with Gasteiger partial charge in [-0.05, 0) is 24.3 Å². The van der Waals surface area contributed by atoms with Crippen LogP contribution in [0.15, 0.2) is 36.7 Å². The molecule has 1 heterocycles. The summed E-state index contributed by atoms with van der Waals surface area (Å²) in [4.78, 5) is 19.1. The summed E-state index contributed by atoms with van der Waals surface area (Å²) in [6.07, 6.45) is 4.41. The van der Waals surface area contributed by atoms with E-state index >= 15 is 0 Å². The fraction of sp³-hybridized carbons (Fsp3) is 0.524. The van der Waals surface area contributed by atoms with Gasteiger partial charge in [-0.3, -0.25) is 4.79 Å². The van der Waals surface area contributed by atoms with Crippen LogP contribution in [-0.2, 0) is 17.9 Å². The van der Waals surface area contributed by atoms with Crippen molar-refractivity contribution in [3.63, 3.8) is 0 Å². The zero-order valence-corrected chi connectivity index (χ0v) is 16.2. The van der Waals surface area contributed by atoms with Gasteiger partial charge in [0.05, 0.1) is 6.54 Å². The Hall–Kier alpha value is -2.10. The van der Waals surface area contributed by atoms with Gasteiger partial charge in [-0.1, -0.05) is 57.5 Å². The van der Waals surface area contributed by atoms with Crippen molar-refractivity contribution in [3.05, 3.63) is 53.6 Å². The Balaban J connectivity index is 2.14. The van der Waals surface area contributed by atoms with E-state index in [1.54, 1.807) is 0 Å². The van der Waals surface area contributed by atoms with Crippen molar-refractivity contribution in [2.75, 3.05) is 6.54 Å². The van der Waals surface area contributed by atoms with Gasteiger partial charge in [-0.15, -0.1) is 0 Å². The molecule has 0 aliphatic carbocycles. The molecule has 25 heavy (non-hydrogen) atoms. The van der Waals surface area contributed by atoms with Gasteiger partial charge >= 0.3 is 0 Å². The quantitative estimate of drug-likeness (QED) is 0.719. The van der Waals surface area contributed by atoms with E-state index < -0.39 is 0 Å². The smallest absolute Gasteiger partial charge is 0.223 e. The van der Waals surface area contributed by atoms with E-state index in [9.17, 15) is 4.79 Å². The van der Waals surface area contributed by atoms with Gasteiger partial charge in [-0.2, -0.15) is 0 Å². The lowest BCUT2D eigenvalue weighted by Crippen LogP contribution is -2.35. The van der Waals surface area contributed by atoms with Crippen molar-refractivity contribution in [1.29, 1.82) is 0 Å². The molecular weight excluding hydrogens is 310 g/mol. The lowest BCUT2D eigenvalue weighted by molar-refractivity contribution is -0.133. The van der Waals surface area contributed by atoms with Gasteiger partial charge in [0.15, 0.2) is 0 Å². The lowest BCUT2D eigenvalue weighted by Gasteiger charge is -2.25. The van der Waals surface area contributed by atoms with Crippen LogP contribution < -0.4 is 0 Å². The van der Waals surface area contributed by atoms with Crippen LogP contribution in [0.3, 0.4) is 0 Å². The Kier molecular flexibility index (Phi) is 6.80. The molecule has 0 saturated carbocycles. The van der Waals surface area contributed by atoms with Crippen LogP contribution in [-0.4, -0.2) is 26.9 Å². The number of imidazole rings is 1. The van der Waals surface area contributed by atoms with Gasteiger partial charge in [0.2, 0.25) is 5.91 Å². The molecular formula is C21H31N3O. The second-order valence-electron chi connectivity index (χ2n) is 7.73. The Labute approximate surface area is 151 Å². The number of nitrogens with zero attached hydrogens (tertiary/aromatic N) is 3. The Bertz CT molecular complexity index is 688. The maximum atomic E-state index is 12.6. The molecule has 4 nitrogen and oxygen atoms in total. The van der Waals surface area contributed by atoms with Gasteiger partial charge in [-0.25, -0.2) is 4.98 Å². The molecule has 1 aromatic heterocycles. The maximum absolute atomic E-state index is 12.6. The number of rotatable bonds is 8. The summed E-state index contributed by atoms with van der Waals surface area (Å²) >= 11 is 0. The van der Waals surface area contributed by atoms with E-state index in [1.165, 1.54) is 11.1 Å². The van der Waals surface area contributed by atoms with Crippen molar-refractivity contribution >= 4 is 5.91 Å². The van der Waals surface area contributed by atoms with Crippen molar-refractivity contribution in [2.45, 2.75) is 54.1 Å². The molecule has 0 bridgehead atoms. The van der Waals surface area contributed by atoms with E-state index in [0.717, 1.165) is 18.9 Å². The molecule has 1 amide bonds. The molecule has 2 rings (SSSR count). The maximum Gasteiger partial charge on any atom is 0.223 e. The largest absolute Gasteiger partial charge is 0.335 e. The van der Waals surface area contributed by atoms with Crippen LogP contribution in [0, 0.1) is 18.8 Å². The number of carbonyl (C=O) groups excluding carboxylic acids is 1. The number of aromatic nitrogens is 2. The fourth-order valence-corrected chi connectivity index (χ4v) is 2.99. The minimum Gasteiger partial charge on any atom is -0.335 e. The van der Waals surface area contributed by atoms with Gasteiger partial charge in [0.25, 0.3) is 0 Å². The summed E-state index contributed by atoms with van der Waals surface area (Å²) in [5, 5.41) is 0. The molecule has 136 valence electrons. The van der Waals surface area contributed by atoms with Crippen LogP contribution in [0.2, 0.25) is 0 Å². The highest BCUT2D eigenvalue weighted by Gasteiger charge is 2.18. The minimum absolute atomic E-state index is 0.216. The van der Waals surface area contributed by atoms with Crippen molar-refractivity contribution in [2.24, 2.45) is 11.8 Å². The highest BCUT2D eigenvalue weighted by atomic mass is 16.2. The monoisotopic (exact) mass is 341 g/mol. The average Bonchev–Trinajstić information content (AvgIpc) is 2.92. The SMILES string of the molecule is Cc1cccc(Cn2ccnc2CN(CC(C)C)C(=O)CC(C)C)c1. The number of aryl methyl sites for hydroxylation is 1. The third-order valence-corrected chi connectivity index (χ3v) is 4.09. The highest BCUT2D eigenvalue weighted by Crippen LogP contribution is 2.13. The first-order valence-corrected chi connectivity index (χ1v) is 9.18. The Morgan fingerprint density at radius 2 is 1.96 bits per heavy atom. The summed E-state index contributed by atoms with van der Waals surface area (Å²) in [6, 6.07) is 8.51. The molecule has 0 aliphatic rings. The molecule has 0 atom stereocenters. The standard InChI is InChI=1S/C21H31N3O/c1-16(2)11-21(25)24(13-17(3)4)15-20-22-9-10-23(20)14-19-8-6-7-18(5)12-19/h6-10,12,16-17H,11,13-15H2,1-5H3. The molecule has 0 aliphatic heterocycles. The predicted octanol–water partition coefficient (Wildman–Crippen LogP) is 4.27.